The van der Waals surface area contributed by atoms with Gasteiger partial charge in [0.1, 0.15) is 0 Å². The van der Waals surface area contributed by atoms with Crippen molar-refractivity contribution in [3.8, 4) is 0 Å². The van der Waals surface area contributed by atoms with Crippen LogP contribution in [0.3, 0.4) is 0 Å². The summed E-state index contributed by atoms with van der Waals surface area (Å²) in [6.45, 7) is 1.89. The highest BCUT2D eigenvalue weighted by atomic mass is 19.2. The number of halogens is 2. The van der Waals surface area contributed by atoms with Crippen molar-refractivity contribution in [3.05, 3.63) is 35.4 Å². The second-order valence-electron chi connectivity index (χ2n) is 3.26. The Morgan fingerprint density at radius 2 is 2.19 bits per heavy atom. The monoisotopic (exact) mass is 229 g/mol. The number of carbonyl (C=O) groups excluding carboxylic acids is 1. The minimum atomic E-state index is -1.01. The van der Waals surface area contributed by atoms with Crippen LogP contribution in [0, 0.1) is 11.6 Å². The van der Waals surface area contributed by atoms with Crippen LogP contribution in [0.25, 0.3) is 0 Å². The standard InChI is InChI=1S/C11H13F2NO2/c1-2-16-10(15)6-9(14)7-4-3-5-8(12)11(7)13/h3-5,9H,2,6,14H2,1H3/t9-/m1/s1. The largest absolute Gasteiger partial charge is 0.466 e. The molecule has 1 atom stereocenters. The molecule has 16 heavy (non-hydrogen) atoms. The van der Waals surface area contributed by atoms with Gasteiger partial charge in [-0.25, -0.2) is 8.78 Å². The van der Waals surface area contributed by atoms with Gasteiger partial charge >= 0.3 is 5.97 Å². The number of ether oxygens (including phenoxy) is 1. The minimum absolute atomic E-state index is 0.0203. The SMILES string of the molecule is CCOC(=O)C[C@@H](N)c1cccc(F)c1F. The lowest BCUT2D eigenvalue weighted by atomic mass is 10.0. The molecule has 0 aromatic heterocycles. The van der Waals surface area contributed by atoms with Gasteiger partial charge in [-0.2, -0.15) is 0 Å². The van der Waals surface area contributed by atoms with Gasteiger partial charge in [0, 0.05) is 11.6 Å². The van der Waals surface area contributed by atoms with E-state index in [4.69, 9.17) is 5.73 Å². The molecule has 0 bridgehead atoms. The summed E-state index contributed by atoms with van der Waals surface area (Å²) < 4.78 is 30.8. The molecule has 5 heteroatoms. The zero-order valence-electron chi connectivity index (χ0n) is 8.87. The van der Waals surface area contributed by atoms with Crippen LogP contribution in [0.15, 0.2) is 18.2 Å². The Hall–Kier alpha value is -1.49. The van der Waals surface area contributed by atoms with Crippen LogP contribution in [0.4, 0.5) is 8.78 Å². The molecule has 0 spiro atoms. The highest BCUT2D eigenvalue weighted by Gasteiger charge is 2.18. The Morgan fingerprint density at radius 3 is 2.81 bits per heavy atom. The van der Waals surface area contributed by atoms with Crippen molar-refractivity contribution < 1.29 is 18.3 Å². The van der Waals surface area contributed by atoms with Gasteiger partial charge in [-0.1, -0.05) is 12.1 Å². The smallest absolute Gasteiger partial charge is 0.307 e. The average Bonchev–Trinajstić information content (AvgIpc) is 2.22. The maximum atomic E-state index is 13.3. The Balaban J connectivity index is 2.76. The summed E-state index contributed by atoms with van der Waals surface area (Å²) in [6, 6.07) is 2.80. The zero-order valence-corrected chi connectivity index (χ0v) is 8.87. The van der Waals surface area contributed by atoms with E-state index in [0.29, 0.717) is 0 Å². The fourth-order valence-corrected chi connectivity index (χ4v) is 1.32. The first kappa shape index (κ1) is 12.6. The summed E-state index contributed by atoms with van der Waals surface area (Å²) in [5.74, 6) is -2.52. The van der Waals surface area contributed by atoms with Crippen molar-refractivity contribution in [2.24, 2.45) is 5.73 Å². The minimum Gasteiger partial charge on any atom is -0.466 e. The van der Waals surface area contributed by atoms with E-state index in [9.17, 15) is 13.6 Å². The second-order valence-corrected chi connectivity index (χ2v) is 3.26. The lowest BCUT2D eigenvalue weighted by molar-refractivity contribution is -0.143. The molecule has 1 rings (SSSR count). The molecule has 0 fully saturated rings. The van der Waals surface area contributed by atoms with Crippen LogP contribution in [-0.2, 0) is 9.53 Å². The lowest BCUT2D eigenvalue weighted by Gasteiger charge is -2.12. The van der Waals surface area contributed by atoms with Gasteiger partial charge < -0.3 is 10.5 Å². The number of carbonyl (C=O) groups is 1. The molecule has 0 aliphatic heterocycles. The quantitative estimate of drug-likeness (QED) is 0.802. The lowest BCUT2D eigenvalue weighted by Crippen LogP contribution is -2.18. The van der Waals surface area contributed by atoms with E-state index >= 15 is 0 Å². The number of benzene rings is 1. The predicted molar refractivity (Wildman–Crippen MR) is 54.5 cm³/mol. The van der Waals surface area contributed by atoms with Gasteiger partial charge in [0.15, 0.2) is 11.6 Å². The molecule has 0 saturated carbocycles. The van der Waals surface area contributed by atoms with E-state index in [-0.39, 0.29) is 18.6 Å². The van der Waals surface area contributed by atoms with E-state index in [0.717, 1.165) is 6.07 Å². The van der Waals surface area contributed by atoms with Crippen LogP contribution in [0.2, 0.25) is 0 Å². The van der Waals surface area contributed by atoms with Crippen molar-refractivity contribution >= 4 is 5.97 Å². The van der Waals surface area contributed by atoms with Crippen LogP contribution in [-0.4, -0.2) is 12.6 Å². The maximum absolute atomic E-state index is 13.3. The summed E-state index contributed by atoms with van der Waals surface area (Å²) in [6.07, 6.45) is -0.172. The van der Waals surface area contributed by atoms with E-state index in [2.05, 4.69) is 4.74 Å². The third-order valence-corrected chi connectivity index (χ3v) is 2.07. The molecule has 3 nitrogen and oxygen atoms in total. The first-order chi connectivity index (χ1) is 7.56. The summed E-state index contributed by atoms with van der Waals surface area (Å²) >= 11 is 0. The molecule has 2 N–H and O–H groups in total. The number of hydrogen-bond donors (Lipinski definition) is 1. The van der Waals surface area contributed by atoms with Gasteiger partial charge in [0.2, 0.25) is 0 Å². The first-order valence-corrected chi connectivity index (χ1v) is 4.91. The molecule has 0 heterocycles. The number of hydrogen-bond acceptors (Lipinski definition) is 3. The first-order valence-electron chi connectivity index (χ1n) is 4.91. The average molecular weight is 229 g/mol. The zero-order chi connectivity index (χ0) is 12.1. The van der Waals surface area contributed by atoms with Crippen molar-refractivity contribution in [1.82, 2.24) is 0 Å². The normalized spacial score (nSPS) is 12.2. The van der Waals surface area contributed by atoms with Gasteiger partial charge in [-0.05, 0) is 13.0 Å². The molecule has 0 radical (unpaired) electrons. The summed E-state index contributed by atoms with van der Waals surface area (Å²) in [7, 11) is 0. The van der Waals surface area contributed by atoms with Gasteiger partial charge in [0.05, 0.1) is 13.0 Å². The molecule has 0 unspecified atom stereocenters. The highest BCUT2D eigenvalue weighted by Crippen LogP contribution is 2.20. The predicted octanol–water partition coefficient (Wildman–Crippen LogP) is 1.92. The van der Waals surface area contributed by atoms with Crippen molar-refractivity contribution in [3.63, 3.8) is 0 Å². The molecule has 0 aliphatic rings. The van der Waals surface area contributed by atoms with Crippen molar-refractivity contribution in [1.29, 1.82) is 0 Å². The maximum Gasteiger partial charge on any atom is 0.307 e. The van der Waals surface area contributed by atoms with E-state index in [1.54, 1.807) is 6.92 Å². The second kappa shape index (κ2) is 5.55. The third kappa shape index (κ3) is 3.00. The van der Waals surface area contributed by atoms with Crippen molar-refractivity contribution in [2.75, 3.05) is 6.61 Å². The summed E-state index contributed by atoms with van der Waals surface area (Å²) in [5.41, 5.74) is 5.57. The van der Waals surface area contributed by atoms with E-state index < -0.39 is 23.6 Å². The summed E-state index contributed by atoms with van der Waals surface area (Å²) in [4.78, 5) is 11.1. The van der Waals surface area contributed by atoms with E-state index in [1.807, 2.05) is 0 Å². The Labute approximate surface area is 92.2 Å². The topological polar surface area (TPSA) is 52.3 Å². The number of rotatable bonds is 4. The molecule has 1 aromatic carbocycles. The molecule has 1 aromatic rings. The molecular weight excluding hydrogens is 216 g/mol. The fraction of sp³-hybridized carbons (Fsp3) is 0.364. The van der Waals surface area contributed by atoms with Gasteiger partial charge in [-0.3, -0.25) is 4.79 Å². The summed E-state index contributed by atoms with van der Waals surface area (Å²) in [5, 5.41) is 0. The van der Waals surface area contributed by atoms with Gasteiger partial charge in [0.25, 0.3) is 0 Å². The Bertz CT molecular complexity index is 382. The van der Waals surface area contributed by atoms with Crippen LogP contribution >= 0.6 is 0 Å². The highest BCUT2D eigenvalue weighted by molar-refractivity contribution is 5.70. The van der Waals surface area contributed by atoms with E-state index in [1.165, 1.54) is 12.1 Å². The molecule has 88 valence electrons. The van der Waals surface area contributed by atoms with Crippen LogP contribution in [0.1, 0.15) is 24.9 Å². The third-order valence-electron chi connectivity index (χ3n) is 2.07. The van der Waals surface area contributed by atoms with Gasteiger partial charge in [-0.15, -0.1) is 0 Å². The fourth-order valence-electron chi connectivity index (χ4n) is 1.32. The van der Waals surface area contributed by atoms with Crippen molar-refractivity contribution in [2.45, 2.75) is 19.4 Å². The van der Waals surface area contributed by atoms with Crippen LogP contribution in [0.5, 0.6) is 0 Å². The number of esters is 1. The molecule has 0 amide bonds. The van der Waals surface area contributed by atoms with Crippen LogP contribution < -0.4 is 5.73 Å². The molecular formula is C11H13F2NO2. The number of nitrogens with two attached hydrogens (primary N) is 1. The Kier molecular flexibility index (Phi) is 4.37. The molecule has 0 aliphatic carbocycles. The Morgan fingerprint density at radius 1 is 1.50 bits per heavy atom. The molecule has 0 saturated heterocycles.